The minimum absolute atomic E-state index is 0.147. The van der Waals surface area contributed by atoms with Gasteiger partial charge in [-0.15, -0.1) is 0 Å². The zero-order chi connectivity index (χ0) is 19.7. The first-order chi connectivity index (χ1) is 12.9. The Balaban J connectivity index is 1.85. The number of aromatic nitrogens is 2. The van der Waals surface area contributed by atoms with E-state index in [9.17, 15) is 0 Å². The van der Waals surface area contributed by atoms with Crippen molar-refractivity contribution in [2.75, 3.05) is 40.3 Å². The van der Waals surface area contributed by atoms with Crippen LogP contribution in [0.4, 0.5) is 0 Å². The molecule has 2 rings (SSSR count). The summed E-state index contributed by atoms with van der Waals surface area (Å²) in [6.45, 7) is 10.1. The largest absolute Gasteiger partial charge is 0.357 e. The van der Waals surface area contributed by atoms with Crippen LogP contribution in [0.1, 0.15) is 26.3 Å². The van der Waals surface area contributed by atoms with Gasteiger partial charge in [-0.2, -0.15) is 5.10 Å². The van der Waals surface area contributed by atoms with Gasteiger partial charge in [0.1, 0.15) is 0 Å². The summed E-state index contributed by atoms with van der Waals surface area (Å²) in [7, 11) is 4.21. The molecule has 6 heteroatoms. The molecule has 0 atom stereocenters. The maximum absolute atomic E-state index is 4.77. The second-order valence-electron chi connectivity index (χ2n) is 7.89. The van der Waals surface area contributed by atoms with Gasteiger partial charge in [0, 0.05) is 38.6 Å². The molecule has 0 aliphatic rings. The maximum Gasteiger partial charge on any atom is 0.191 e. The van der Waals surface area contributed by atoms with Crippen molar-refractivity contribution in [1.82, 2.24) is 25.3 Å². The van der Waals surface area contributed by atoms with E-state index in [1.165, 1.54) is 5.56 Å². The lowest BCUT2D eigenvalue weighted by Gasteiger charge is -2.26. The van der Waals surface area contributed by atoms with Gasteiger partial charge in [-0.3, -0.25) is 4.99 Å². The van der Waals surface area contributed by atoms with E-state index < -0.39 is 0 Å². The van der Waals surface area contributed by atoms with Gasteiger partial charge in [0.2, 0.25) is 0 Å². The van der Waals surface area contributed by atoms with E-state index in [1.807, 2.05) is 16.9 Å². The fourth-order valence-corrected chi connectivity index (χ4v) is 3.10. The molecule has 6 nitrogen and oxygen atoms in total. The predicted molar refractivity (Wildman–Crippen MR) is 114 cm³/mol. The van der Waals surface area contributed by atoms with Gasteiger partial charge < -0.3 is 15.5 Å². The summed E-state index contributed by atoms with van der Waals surface area (Å²) in [4.78, 5) is 6.98. The summed E-state index contributed by atoms with van der Waals surface area (Å²) in [5, 5.41) is 11.0. The highest BCUT2D eigenvalue weighted by atomic mass is 15.3. The quantitative estimate of drug-likeness (QED) is 0.526. The van der Waals surface area contributed by atoms with Crippen LogP contribution in [0.25, 0.3) is 5.69 Å². The minimum Gasteiger partial charge on any atom is -0.357 e. The molecule has 0 unspecified atom stereocenters. The lowest BCUT2D eigenvalue weighted by atomic mass is 9.93. The Bertz CT molecular complexity index is 686. The highest BCUT2D eigenvalue weighted by molar-refractivity contribution is 5.79. The van der Waals surface area contributed by atoms with Crippen LogP contribution in [-0.2, 0) is 6.42 Å². The molecule has 0 bridgehead atoms. The number of nitrogens with one attached hydrogen (secondary N) is 2. The topological polar surface area (TPSA) is 57.5 Å². The second-order valence-corrected chi connectivity index (χ2v) is 7.89. The first-order valence-corrected chi connectivity index (χ1v) is 9.65. The van der Waals surface area contributed by atoms with Crippen LogP contribution in [0.3, 0.4) is 0 Å². The van der Waals surface area contributed by atoms with Crippen molar-refractivity contribution in [3.05, 3.63) is 48.3 Å². The Morgan fingerprint density at radius 2 is 1.93 bits per heavy atom. The van der Waals surface area contributed by atoms with Crippen molar-refractivity contribution in [3.8, 4) is 5.69 Å². The average molecular weight is 371 g/mol. The van der Waals surface area contributed by atoms with Gasteiger partial charge in [-0.1, -0.05) is 26.0 Å². The predicted octanol–water partition coefficient (Wildman–Crippen LogP) is 2.56. The summed E-state index contributed by atoms with van der Waals surface area (Å²) < 4.78 is 1.87. The minimum atomic E-state index is 0.147. The van der Waals surface area contributed by atoms with Crippen molar-refractivity contribution >= 4 is 5.96 Å². The van der Waals surface area contributed by atoms with Gasteiger partial charge in [0.05, 0.1) is 5.69 Å². The molecule has 1 heterocycles. The second kappa shape index (κ2) is 10.1. The normalized spacial score (nSPS) is 12.4. The van der Waals surface area contributed by atoms with E-state index in [4.69, 9.17) is 4.99 Å². The molecule has 0 saturated heterocycles. The summed E-state index contributed by atoms with van der Waals surface area (Å²) in [6.07, 6.45) is 4.69. The van der Waals surface area contributed by atoms with E-state index in [1.54, 1.807) is 6.20 Å². The van der Waals surface area contributed by atoms with E-state index in [2.05, 4.69) is 79.8 Å². The van der Waals surface area contributed by atoms with Gasteiger partial charge in [0.15, 0.2) is 5.96 Å². The Morgan fingerprint density at radius 3 is 2.52 bits per heavy atom. The van der Waals surface area contributed by atoms with Crippen molar-refractivity contribution < 1.29 is 0 Å². The van der Waals surface area contributed by atoms with E-state index in [-0.39, 0.29) is 5.41 Å². The monoisotopic (exact) mass is 370 g/mol. The lowest BCUT2D eigenvalue weighted by molar-refractivity contribution is 0.248. The molecule has 1 aromatic carbocycles. The fourth-order valence-electron chi connectivity index (χ4n) is 3.10. The third-order valence-corrected chi connectivity index (χ3v) is 4.17. The first kappa shape index (κ1) is 21.0. The SMILES string of the molecule is CCNC(=NCC(C)(C)CN(C)C)NCCc1ccc(-n2cccn2)cc1. The van der Waals surface area contributed by atoms with Crippen LogP contribution < -0.4 is 10.6 Å². The average Bonchev–Trinajstić information content (AvgIpc) is 3.14. The van der Waals surface area contributed by atoms with Gasteiger partial charge in [-0.25, -0.2) is 4.68 Å². The Kier molecular flexibility index (Phi) is 7.85. The molecule has 0 saturated carbocycles. The Hall–Kier alpha value is -2.34. The number of rotatable bonds is 9. The highest BCUT2D eigenvalue weighted by Crippen LogP contribution is 2.16. The summed E-state index contributed by atoms with van der Waals surface area (Å²) >= 11 is 0. The zero-order valence-corrected chi connectivity index (χ0v) is 17.4. The van der Waals surface area contributed by atoms with Crippen molar-refractivity contribution in [2.24, 2.45) is 10.4 Å². The van der Waals surface area contributed by atoms with Gasteiger partial charge in [-0.05, 0) is 56.6 Å². The molecule has 0 aliphatic carbocycles. The van der Waals surface area contributed by atoms with E-state index in [0.29, 0.717) is 0 Å². The Labute approximate surface area is 163 Å². The molecule has 0 aliphatic heterocycles. The summed E-state index contributed by atoms with van der Waals surface area (Å²) in [5.74, 6) is 0.887. The fraction of sp³-hybridized carbons (Fsp3) is 0.524. The highest BCUT2D eigenvalue weighted by Gasteiger charge is 2.18. The number of guanidine groups is 1. The van der Waals surface area contributed by atoms with Crippen molar-refractivity contribution in [3.63, 3.8) is 0 Å². The third-order valence-electron chi connectivity index (χ3n) is 4.17. The number of nitrogens with zero attached hydrogens (tertiary/aromatic N) is 4. The smallest absolute Gasteiger partial charge is 0.191 e. The molecule has 2 N–H and O–H groups in total. The molecule has 148 valence electrons. The van der Waals surface area contributed by atoms with Crippen LogP contribution in [0.2, 0.25) is 0 Å². The van der Waals surface area contributed by atoms with Crippen LogP contribution in [-0.4, -0.2) is 60.9 Å². The van der Waals surface area contributed by atoms with Crippen LogP contribution >= 0.6 is 0 Å². The number of hydrogen-bond acceptors (Lipinski definition) is 3. The number of aliphatic imine (C=N–C) groups is 1. The molecule has 1 aromatic heterocycles. The molecule has 0 amide bonds. The molecule has 27 heavy (non-hydrogen) atoms. The summed E-state index contributed by atoms with van der Waals surface area (Å²) in [6, 6.07) is 10.4. The zero-order valence-electron chi connectivity index (χ0n) is 17.4. The molecule has 2 aromatic rings. The molecular weight excluding hydrogens is 336 g/mol. The standard InChI is InChI=1S/C21H34N6/c1-6-22-20(24-16-21(2,3)17-26(4)5)23-14-12-18-8-10-19(11-9-18)27-15-7-13-25-27/h7-11,13,15H,6,12,14,16-17H2,1-5H3,(H2,22,23,24). The maximum atomic E-state index is 4.77. The van der Waals surface area contributed by atoms with Gasteiger partial charge in [0.25, 0.3) is 0 Å². The van der Waals surface area contributed by atoms with E-state index in [0.717, 1.165) is 44.2 Å². The number of benzene rings is 1. The number of hydrogen-bond donors (Lipinski definition) is 2. The van der Waals surface area contributed by atoms with Crippen LogP contribution in [0.15, 0.2) is 47.7 Å². The van der Waals surface area contributed by atoms with Gasteiger partial charge >= 0.3 is 0 Å². The first-order valence-electron chi connectivity index (χ1n) is 9.65. The summed E-state index contributed by atoms with van der Waals surface area (Å²) in [5.41, 5.74) is 2.52. The van der Waals surface area contributed by atoms with Crippen LogP contribution in [0, 0.1) is 5.41 Å². The van der Waals surface area contributed by atoms with Crippen LogP contribution in [0.5, 0.6) is 0 Å². The van der Waals surface area contributed by atoms with E-state index >= 15 is 0 Å². The molecule has 0 fully saturated rings. The Morgan fingerprint density at radius 1 is 1.19 bits per heavy atom. The van der Waals surface area contributed by atoms with Crippen molar-refractivity contribution in [2.45, 2.75) is 27.2 Å². The lowest BCUT2D eigenvalue weighted by Crippen LogP contribution is -2.40. The molecule has 0 spiro atoms. The molecular formula is C21H34N6. The van der Waals surface area contributed by atoms with Crippen molar-refractivity contribution in [1.29, 1.82) is 0 Å². The third kappa shape index (κ3) is 7.43. The molecule has 0 radical (unpaired) electrons.